The molecule has 0 aliphatic carbocycles. The summed E-state index contributed by atoms with van der Waals surface area (Å²) in [6.07, 6.45) is -3.91. The minimum Gasteiger partial charge on any atom is -0.542 e. The number of piperidine rings is 3. The molecule has 3 heterocycles. The summed E-state index contributed by atoms with van der Waals surface area (Å²) in [5.74, 6) is -4.33. The Bertz CT molecular complexity index is 1030. The summed E-state index contributed by atoms with van der Waals surface area (Å²) >= 11 is 0. The van der Waals surface area contributed by atoms with E-state index in [1.165, 1.54) is 0 Å². The van der Waals surface area contributed by atoms with Crippen molar-refractivity contribution in [3.8, 4) is 0 Å². The van der Waals surface area contributed by atoms with Crippen LogP contribution in [0.5, 0.6) is 0 Å². The number of halogens is 3. The Morgan fingerprint density at radius 3 is 1.78 bits per heavy atom. The Morgan fingerprint density at radius 1 is 0.944 bits per heavy atom. The lowest BCUT2D eigenvalue weighted by Crippen LogP contribution is -2.66. The van der Waals surface area contributed by atoms with E-state index in [4.69, 9.17) is 14.6 Å². The summed E-state index contributed by atoms with van der Waals surface area (Å²) < 4.78 is 37.9. The fraction of sp³-hybridized carbons (Fsp3) is 0.400. The van der Waals surface area contributed by atoms with Crippen LogP contribution in [0.15, 0.2) is 60.7 Å². The molecule has 194 valence electrons. The number of benzene rings is 2. The van der Waals surface area contributed by atoms with Crippen LogP contribution >= 0.6 is 0 Å². The van der Waals surface area contributed by atoms with Gasteiger partial charge in [-0.05, 0) is 11.1 Å². The van der Waals surface area contributed by atoms with E-state index in [2.05, 4.69) is 0 Å². The molecule has 0 radical (unpaired) electrons. The summed E-state index contributed by atoms with van der Waals surface area (Å²) in [6, 6.07) is 17.6. The van der Waals surface area contributed by atoms with Crippen LogP contribution in [0, 0.1) is 5.92 Å². The van der Waals surface area contributed by atoms with Crippen molar-refractivity contribution < 1.29 is 52.1 Å². The number of ether oxygens (including phenoxy) is 1. The number of alkyl halides is 3. The molecule has 36 heavy (non-hydrogen) atoms. The number of nitrogens with zero attached hydrogens (tertiary/aromatic N) is 1. The summed E-state index contributed by atoms with van der Waals surface area (Å²) in [4.78, 5) is 33.5. The van der Waals surface area contributed by atoms with Gasteiger partial charge in [0.2, 0.25) is 5.60 Å². The Kier molecular flexibility index (Phi) is 8.05. The summed E-state index contributed by atoms with van der Waals surface area (Å²) in [5, 5.41) is 29.7. The van der Waals surface area contributed by atoms with Gasteiger partial charge in [-0.1, -0.05) is 60.7 Å². The zero-order valence-corrected chi connectivity index (χ0v) is 19.2. The Balaban J connectivity index is 0.000000454. The highest BCUT2D eigenvalue weighted by Crippen LogP contribution is 2.38. The maximum absolute atomic E-state index is 13.3. The zero-order chi connectivity index (χ0) is 26.6. The van der Waals surface area contributed by atoms with E-state index >= 15 is 0 Å². The summed E-state index contributed by atoms with van der Waals surface area (Å²) in [5.41, 5.74) is -1.01. The molecule has 3 saturated heterocycles. The topological polar surface area (TPSA) is 124 Å². The molecule has 2 aromatic rings. The number of aliphatic hydroxyl groups is 1. The summed E-state index contributed by atoms with van der Waals surface area (Å²) in [7, 11) is 0. The van der Waals surface area contributed by atoms with E-state index in [-0.39, 0.29) is 18.6 Å². The minimum absolute atomic E-state index is 0.0441. The first-order chi connectivity index (χ1) is 16.9. The molecule has 2 N–H and O–H groups in total. The number of carbonyl (C=O) groups excluding carboxylic acids is 2. The van der Waals surface area contributed by atoms with Crippen molar-refractivity contribution in [2.75, 3.05) is 26.2 Å². The van der Waals surface area contributed by atoms with Crippen LogP contribution in [0.3, 0.4) is 0 Å². The quantitative estimate of drug-likeness (QED) is 0.446. The van der Waals surface area contributed by atoms with Crippen LogP contribution in [-0.4, -0.2) is 71.1 Å². The second-order valence-corrected chi connectivity index (χ2v) is 9.03. The molecular formula is C25H26F3NO7. The second-order valence-electron chi connectivity index (χ2n) is 9.03. The number of fused-ring (bicyclic) bond motifs is 3. The maximum Gasteiger partial charge on any atom is 0.430 e. The number of hydrogen-bond donors (Lipinski definition) is 2. The molecule has 11 heteroatoms. The Hall–Kier alpha value is -3.44. The molecule has 1 atom stereocenters. The third-order valence-electron chi connectivity index (χ3n) is 6.68. The predicted octanol–water partition coefficient (Wildman–Crippen LogP) is 1.46. The van der Waals surface area contributed by atoms with Gasteiger partial charge in [0, 0.05) is 18.8 Å². The highest BCUT2D eigenvalue weighted by atomic mass is 19.4. The molecule has 3 fully saturated rings. The lowest BCUT2D eigenvalue weighted by molar-refractivity contribution is -0.939. The predicted molar refractivity (Wildman–Crippen MR) is 117 cm³/mol. The molecule has 8 nitrogen and oxygen atoms in total. The molecule has 0 saturated carbocycles. The first-order valence-electron chi connectivity index (χ1n) is 11.3. The third kappa shape index (κ3) is 6.03. The van der Waals surface area contributed by atoms with E-state index in [9.17, 15) is 33.0 Å². The number of quaternary nitrogens is 1. The number of carboxylic acid groups (broad SMARTS) is 2. The van der Waals surface area contributed by atoms with Gasteiger partial charge in [0.1, 0.15) is 12.5 Å². The van der Waals surface area contributed by atoms with Crippen molar-refractivity contribution in [2.24, 2.45) is 5.92 Å². The molecule has 0 unspecified atom stereocenters. The van der Waals surface area contributed by atoms with Gasteiger partial charge in [0.15, 0.2) is 12.6 Å². The van der Waals surface area contributed by atoms with Crippen LogP contribution in [0.4, 0.5) is 13.2 Å². The lowest BCUT2D eigenvalue weighted by atomic mass is 9.82. The van der Waals surface area contributed by atoms with Crippen molar-refractivity contribution in [3.05, 3.63) is 71.8 Å². The lowest BCUT2D eigenvalue weighted by Gasteiger charge is -2.51. The average Bonchev–Trinajstić information content (AvgIpc) is 2.84. The molecule has 0 aromatic heterocycles. The van der Waals surface area contributed by atoms with E-state index in [1.54, 1.807) is 48.5 Å². The zero-order valence-electron chi connectivity index (χ0n) is 19.2. The first-order valence-corrected chi connectivity index (χ1v) is 11.3. The van der Waals surface area contributed by atoms with Crippen molar-refractivity contribution >= 4 is 17.9 Å². The van der Waals surface area contributed by atoms with E-state index in [1.807, 2.05) is 12.1 Å². The minimum atomic E-state index is -5.19. The van der Waals surface area contributed by atoms with E-state index in [0.29, 0.717) is 22.2 Å². The van der Waals surface area contributed by atoms with Gasteiger partial charge in [-0.15, -0.1) is 0 Å². The first kappa shape index (κ1) is 27.2. The van der Waals surface area contributed by atoms with Gasteiger partial charge in [-0.3, -0.25) is 0 Å². The monoisotopic (exact) mass is 509 g/mol. The van der Waals surface area contributed by atoms with Gasteiger partial charge in [-0.25, -0.2) is 9.59 Å². The number of carboxylic acids is 2. The fourth-order valence-electron chi connectivity index (χ4n) is 4.85. The largest absolute Gasteiger partial charge is 0.542 e. The van der Waals surface area contributed by atoms with Crippen molar-refractivity contribution in [1.29, 1.82) is 0 Å². The van der Waals surface area contributed by atoms with Gasteiger partial charge in [0.25, 0.3) is 0 Å². The molecule has 0 amide bonds. The number of carbonyl (C=O) groups is 3. The Morgan fingerprint density at radius 2 is 1.39 bits per heavy atom. The smallest absolute Gasteiger partial charge is 0.430 e. The molecule has 3 aliphatic rings. The molecular weight excluding hydrogens is 483 g/mol. The van der Waals surface area contributed by atoms with Crippen LogP contribution in [0.1, 0.15) is 24.0 Å². The fourth-order valence-corrected chi connectivity index (χ4v) is 4.85. The van der Waals surface area contributed by atoms with Gasteiger partial charge < -0.3 is 29.3 Å². The van der Waals surface area contributed by atoms with Gasteiger partial charge in [0.05, 0.1) is 13.1 Å². The molecule has 0 spiro atoms. The summed E-state index contributed by atoms with van der Waals surface area (Å²) in [6.45, 7) is 2.13. The number of hydrogen-bond acceptors (Lipinski definition) is 6. The Labute approximate surface area is 205 Å². The van der Waals surface area contributed by atoms with Crippen molar-refractivity contribution in [2.45, 2.75) is 30.7 Å². The second kappa shape index (κ2) is 10.7. The van der Waals surface area contributed by atoms with E-state index in [0.717, 1.165) is 25.9 Å². The van der Waals surface area contributed by atoms with Crippen molar-refractivity contribution in [1.82, 2.24) is 0 Å². The molecule has 3 aliphatic heterocycles. The molecule has 5 rings (SSSR count). The standard InChI is InChI=1S/C23H25NO5.C2HF3O2/c25-21(26)16-24-13-11-17(12-14-24)20(15-24)29-22(27)23(28,18-7-3-1-4-8-18)19-9-5-2-6-10-19;3-2(4,5)1(6)7/h1-10,17,20,28H,11-16H2;(H,6,7)/t17?,20-,24?;/m0./s1. The van der Waals surface area contributed by atoms with E-state index < -0.39 is 29.7 Å². The number of esters is 1. The van der Waals surface area contributed by atoms with Gasteiger partial charge in [-0.2, -0.15) is 13.2 Å². The normalized spacial score (nSPS) is 23.2. The average molecular weight is 509 g/mol. The van der Waals surface area contributed by atoms with Crippen LogP contribution in [0.25, 0.3) is 0 Å². The van der Waals surface area contributed by atoms with Crippen molar-refractivity contribution in [3.63, 3.8) is 0 Å². The number of aliphatic carboxylic acids is 2. The van der Waals surface area contributed by atoms with Crippen LogP contribution in [0.2, 0.25) is 0 Å². The van der Waals surface area contributed by atoms with Gasteiger partial charge >= 0.3 is 18.1 Å². The highest BCUT2D eigenvalue weighted by Gasteiger charge is 2.51. The van der Waals surface area contributed by atoms with Crippen LogP contribution in [-0.2, 0) is 24.7 Å². The molecule has 2 aromatic carbocycles. The van der Waals surface area contributed by atoms with Crippen LogP contribution < -0.4 is 5.11 Å². The third-order valence-corrected chi connectivity index (χ3v) is 6.68. The molecule has 2 bridgehead atoms. The highest BCUT2D eigenvalue weighted by molar-refractivity contribution is 5.85. The number of rotatable bonds is 6. The maximum atomic E-state index is 13.3. The SMILES string of the molecule is O=C(O)C[N+]12CCC(CC1)[C@@H](OC(=O)C(O)(c1ccccc1)c1ccccc1)C2.O=C([O-])C(F)(F)F.